The summed E-state index contributed by atoms with van der Waals surface area (Å²) < 4.78 is 35.1. The fourth-order valence-corrected chi connectivity index (χ4v) is 5.33. The average molecular weight is 356 g/mol. The third kappa shape index (κ3) is 3.66. The van der Waals surface area contributed by atoms with Gasteiger partial charge in [-0.3, -0.25) is 9.58 Å². The first-order chi connectivity index (χ1) is 11.4. The number of aryl methyl sites for hydroxylation is 2. The molecule has 3 heterocycles. The molecule has 2 fully saturated rings. The van der Waals surface area contributed by atoms with Crippen LogP contribution in [0.1, 0.15) is 30.7 Å². The molecular weight excluding hydrogens is 328 g/mol. The van der Waals surface area contributed by atoms with Gasteiger partial charge in [-0.25, -0.2) is 13.1 Å². The molecule has 2 aliphatic rings. The van der Waals surface area contributed by atoms with Crippen LogP contribution in [0.5, 0.6) is 0 Å². The number of likely N-dealkylation sites (tertiary alicyclic amines) is 1. The summed E-state index contributed by atoms with van der Waals surface area (Å²) in [6, 6.07) is 0.559. The highest BCUT2D eigenvalue weighted by molar-refractivity contribution is 7.89. The Bertz CT molecular complexity index is 672. The van der Waals surface area contributed by atoms with E-state index in [2.05, 4.69) is 14.7 Å². The van der Waals surface area contributed by atoms with E-state index in [0.717, 1.165) is 45.6 Å². The van der Waals surface area contributed by atoms with Crippen molar-refractivity contribution in [3.63, 3.8) is 0 Å². The maximum Gasteiger partial charge on any atom is 0.244 e. The Morgan fingerprint density at radius 3 is 2.50 bits per heavy atom. The second kappa shape index (κ2) is 7.11. The van der Waals surface area contributed by atoms with Crippen molar-refractivity contribution >= 4 is 10.0 Å². The van der Waals surface area contributed by atoms with Crippen molar-refractivity contribution < 1.29 is 13.2 Å². The molecule has 1 atom stereocenters. The molecule has 136 valence electrons. The minimum Gasteiger partial charge on any atom is -0.380 e. The van der Waals surface area contributed by atoms with Crippen LogP contribution in [0, 0.1) is 19.8 Å². The Morgan fingerprint density at radius 2 is 1.96 bits per heavy atom. The average Bonchev–Trinajstić information content (AvgIpc) is 3.15. The summed E-state index contributed by atoms with van der Waals surface area (Å²) in [5.74, 6) is 0.399. The van der Waals surface area contributed by atoms with E-state index in [1.54, 1.807) is 25.6 Å². The summed E-state index contributed by atoms with van der Waals surface area (Å²) in [4.78, 5) is 2.82. The van der Waals surface area contributed by atoms with Crippen LogP contribution in [0.3, 0.4) is 0 Å². The van der Waals surface area contributed by atoms with E-state index in [1.807, 2.05) is 0 Å². The lowest BCUT2D eigenvalue weighted by Gasteiger charge is -2.35. The molecule has 1 aromatic heterocycles. The Balaban J connectivity index is 1.54. The third-order valence-electron chi connectivity index (χ3n) is 5.34. The molecule has 0 saturated carbocycles. The SMILES string of the molecule is Cc1nn(C)c(C)c1S(=O)(=O)NCC1CCN(C2CCOC2)CC1. The van der Waals surface area contributed by atoms with E-state index < -0.39 is 10.0 Å². The van der Waals surface area contributed by atoms with Crippen molar-refractivity contribution in [3.8, 4) is 0 Å². The number of hydrogen-bond acceptors (Lipinski definition) is 5. The number of aromatic nitrogens is 2. The quantitative estimate of drug-likeness (QED) is 0.845. The van der Waals surface area contributed by atoms with Gasteiger partial charge in [0.05, 0.1) is 18.0 Å². The standard InChI is InChI=1S/C16H28N4O3S/c1-12-16(13(2)19(3)18-12)24(21,22)17-10-14-4-7-20(8-5-14)15-6-9-23-11-15/h14-15,17H,4-11H2,1-3H3. The Morgan fingerprint density at radius 1 is 1.25 bits per heavy atom. The van der Waals surface area contributed by atoms with Crippen molar-refractivity contribution in [3.05, 3.63) is 11.4 Å². The lowest BCUT2D eigenvalue weighted by atomic mass is 9.96. The van der Waals surface area contributed by atoms with Crippen LogP contribution in [0.25, 0.3) is 0 Å². The van der Waals surface area contributed by atoms with Crippen molar-refractivity contribution in [1.82, 2.24) is 19.4 Å². The van der Waals surface area contributed by atoms with Crippen LogP contribution in [0.15, 0.2) is 4.90 Å². The fourth-order valence-electron chi connectivity index (χ4n) is 3.78. The van der Waals surface area contributed by atoms with Crippen molar-refractivity contribution in [2.45, 2.75) is 44.0 Å². The molecule has 1 aromatic rings. The number of sulfonamides is 1. The zero-order chi connectivity index (χ0) is 17.3. The van der Waals surface area contributed by atoms with Crippen LogP contribution in [0.4, 0.5) is 0 Å². The van der Waals surface area contributed by atoms with Gasteiger partial charge in [-0.1, -0.05) is 0 Å². The maximum atomic E-state index is 12.6. The van der Waals surface area contributed by atoms with E-state index in [4.69, 9.17) is 4.74 Å². The normalized spacial score (nSPS) is 23.9. The molecule has 0 aromatic carbocycles. The second-order valence-corrected chi connectivity index (χ2v) is 8.68. The van der Waals surface area contributed by atoms with Crippen LogP contribution in [-0.4, -0.2) is 62.0 Å². The summed E-state index contributed by atoms with van der Waals surface area (Å²) in [5, 5.41) is 4.20. The van der Waals surface area contributed by atoms with Crippen LogP contribution in [0.2, 0.25) is 0 Å². The highest BCUT2D eigenvalue weighted by Gasteiger charge is 2.29. The summed E-state index contributed by atoms with van der Waals surface area (Å²) in [6.07, 6.45) is 3.19. The Kier molecular flexibility index (Phi) is 5.29. The molecule has 2 saturated heterocycles. The van der Waals surface area contributed by atoms with Crippen LogP contribution < -0.4 is 4.72 Å². The number of piperidine rings is 1. The first kappa shape index (κ1) is 17.8. The lowest BCUT2D eigenvalue weighted by molar-refractivity contribution is 0.111. The molecule has 0 bridgehead atoms. The molecular formula is C16H28N4O3S. The molecule has 3 rings (SSSR count). The van der Waals surface area contributed by atoms with Crippen molar-refractivity contribution in [2.24, 2.45) is 13.0 Å². The summed E-state index contributed by atoms with van der Waals surface area (Å²) in [7, 11) is -1.73. The topological polar surface area (TPSA) is 76.5 Å². The molecule has 7 nitrogen and oxygen atoms in total. The predicted molar refractivity (Wildman–Crippen MR) is 91.4 cm³/mol. The molecule has 8 heteroatoms. The molecule has 24 heavy (non-hydrogen) atoms. The highest BCUT2D eigenvalue weighted by Crippen LogP contribution is 2.23. The molecule has 0 amide bonds. The summed E-state index contributed by atoms with van der Waals surface area (Å²) >= 11 is 0. The molecule has 0 radical (unpaired) electrons. The third-order valence-corrected chi connectivity index (χ3v) is 7.02. The van der Waals surface area contributed by atoms with E-state index in [0.29, 0.717) is 34.8 Å². The van der Waals surface area contributed by atoms with E-state index in [1.165, 1.54) is 0 Å². The second-order valence-electron chi connectivity index (χ2n) is 6.97. The first-order valence-electron chi connectivity index (χ1n) is 8.70. The van der Waals surface area contributed by atoms with Crippen LogP contribution in [-0.2, 0) is 21.8 Å². The number of hydrogen-bond donors (Lipinski definition) is 1. The van der Waals surface area contributed by atoms with Gasteiger partial charge in [-0.15, -0.1) is 0 Å². The predicted octanol–water partition coefficient (Wildman–Crippen LogP) is 0.816. The van der Waals surface area contributed by atoms with Gasteiger partial charge >= 0.3 is 0 Å². The zero-order valence-electron chi connectivity index (χ0n) is 14.8. The zero-order valence-corrected chi connectivity index (χ0v) is 15.6. The number of rotatable bonds is 5. The van der Waals surface area contributed by atoms with Gasteiger partial charge in [0.25, 0.3) is 0 Å². The fraction of sp³-hybridized carbons (Fsp3) is 0.812. The molecule has 0 aliphatic carbocycles. The summed E-state index contributed by atoms with van der Waals surface area (Å²) in [5.41, 5.74) is 1.23. The highest BCUT2D eigenvalue weighted by atomic mass is 32.2. The lowest BCUT2D eigenvalue weighted by Crippen LogP contribution is -2.44. The van der Waals surface area contributed by atoms with Gasteiger partial charge in [0, 0.05) is 26.2 Å². The maximum absolute atomic E-state index is 12.6. The van der Waals surface area contributed by atoms with Gasteiger partial charge in [-0.2, -0.15) is 5.10 Å². The molecule has 2 aliphatic heterocycles. The van der Waals surface area contributed by atoms with Gasteiger partial charge in [0.2, 0.25) is 10.0 Å². The minimum absolute atomic E-state index is 0.325. The van der Waals surface area contributed by atoms with E-state index in [-0.39, 0.29) is 0 Å². The largest absolute Gasteiger partial charge is 0.380 e. The number of nitrogens with zero attached hydrogens (tertiary/aromatic N) is 3. The summed E-state index contributed by atoms with van der Waals surface area (Å²) in [6.45, 7) is 7.81. The molecule has 0 spiro atoms. The Labute approximate surface area is 144 Å². The van der Waals surface area contributed by atoms with Crippen molar-refractivity contribution in [2.75, 3.05) is 32.8 Å². The number of ether oxygens (including phenoxy) is 1. The molecule has 1 N–H and O–H groups in total. The van der Waals surface area contributed by atoms with Gasteiger partial charge in [0.1, 0.15) is 4.90 Å². The van der Waals surface area contributed by atoms with Crippen molar-refractivity contribution in [1.29, 1.82) is 0 Å². The smallest absolute Gasteiger partial charge is 0.244 e. The Hall–Kier alpha value is -0.960. The van der Waals surface area contributed by atoms with Gasteiger partial charge in [-0.05, 0) is 52.1 Å². The monoisotopic (exact) mass is 356 g/mol. The number of nitrogens with one attached hydrogen (secondary N) is 1. The molecule has 1 unspecified atom stereocenters. The van der Waals surface area contributed by atoms with Gasteiger partial charge < -0.3 is 4.74 Å². The van der Waals surface area contributed by atoms with Gasteiger partial charge in [0.15, 0.2) is 0 Å². The first-order valence-corrected chi connectivity index (χ1v) is 10.2. The van der Waals surface area contributed by atoms with E-state index >= 15 is 0 Å². The van der Waals surface area contributed by atoms with E-state index in [9.17, 15) is 8.42 Å². The minimum atomic E-state index is -3.50. The van der Waals surface area contributed by atoms with Crippen LogP contribution >= 0.6 is 0 Å².